The normalized spacial score (nSPS) is 15.7. The average Bonchev–Trinajstić information content (AvgIpc) is 3.30. The van der Waals surface area contributed by atoms with Gasteiger partial charge < -0.3 is 0 Å². The van der Waals surface area contributed by atoms with Gasteiger partial charge in [0.1, 0.15) is 4.70 Å². The lowest BCUT2D eigenvalue weighted by molar-refractivity contribution is 0.167. The second-order valence-corrected chi connectivity index (χ2v) is 8.64. The van der Waals surface area contributed by atoms with Crippen LogP contribution in [0.1, 0.15) is 31.2 Å². The number of hydrogen-bond donors (Lipinski definition) is 0. The molecule has 3 aromatic heterocycles. The van der Waals surface area contributed by atoms with Crippen LogP contribution in [0.4, 0.5) is 0 Å². The molecule has 0 unspecified atom stereocenters. The Bertz CT molecular complexity index is 1190. The van der Waals surface area contributed by atoms with Crippen LogP contribution in [0.3, 0.4) is 0 Å². The number of thiophene rings is 1. The van der Waals surface area contributed by atoms with Crippen LogP contribution >= 0.6 is 11.3 Å². The molecule has 0 bridgehead atoms. The van der Waals surface area contributed by atoms with E-state index in [1.165, 1.54) is 29.7 Å². The molecular weight excluding hydrogens is 370 g/mol. The maximum atomic E-state index is 12.6. The molecule has 6 nitrogen and oxygen atoms in total. The standard InChI is InChI=1S/C21H23N5OS/c1-14(16-8-9-16)25(12-15-6-4-3-5-7-15)13-18-22-23-21-24(2)20(27)19-17(26(18)21)10-11-28-19/h3-7,10-11,14,16H,8-9,12-13H2,1-2H3/t14-/m0/s1. The molecule has 5 rings (SSSR count). The molecule has 1 atom stereocenters. The summed E-state index contributed by atoms with van der Waals surface area (Å²) in [6, 6.07) is 13.1. The molecule has 1 aliphatic carbocycles. The maximum absolute atomic E-state index is 12.6. The van der Waals surface area contributed by atoms with Gasteiger partial charge in [0.05, 0.1) is 12.1 Å². The minimum atomic E-state index is -0.0102. The van der Waals surface area contributed by atoms with Gasteiger partial charge in [0.2, 0.25) is 5.78 Å². The van der Waals surface area contributed by atoms with E-state index in [0.29, 0.717) is 18.4 Å². The van der Waals surface area contributed by atoms with Gasteiger partial charge in [0.15, 0.2) is 5.82 Å². The van der Waals surface area contributed by atoms with Gasteiger partial charge in [0, 0.05) is 19.6 Å². The highest BCUT2D eigenvalue weighted by Crippen LogP contribution is 2.36. The minimum absolute atomic E-state index is 0.0102. The van der Waals surface area contributed by atoms with Crippen LogP contribution in [-0.4, -0.2) is 30.1 Å². The molecule has 0 amide bonds. The van der Waals surface area contributed by atoms with E-state index >= 15 is 0 Å². The zero-order valence-corrected chi connectivity index (χ0v) is 16.9. The molecule has 0 aliphatic heterocycles. The number of hydrogen-bond acceptors (Lipinski definition) is 5. The molecule has 0 spiro atoms. The molecule has 7 heteroatoms. The predicted molar refractivity (Wildman–Crippen MR) is 111 cm³/mol. The Labute approximate surface area is 167 Å². The summed E-state index contributed by atoms with van der Waals surface area (Å²) in [6.07, 6.45) is 2.60. The lowest BCUT2D eigenvalue weighted by Gasteiger charge is -2.28. The van der Waals surface area contributed by atoms with Crippen LogP contribution in [-0.2, 0) is 20.1 Å². The number of fused-ring (bicyclic) bond motifs is 3. The van der Waals surface area contributed by atoms with Crippen molar-refractivity contribution < 1.29 is 0 Å². The third kappa shape index (κ3) is 2.95. The second-order valence-electron chi connectivity index (χ2n) is 7.72. The van der Waals surface area contributed by atoms with Crippen molar-refractivity contribution in [3.63, 3.8) is 0 Å². The summed E-state index contributed by atoms with van der Waals surface area (Å²) in [6.45, 7) is 3.91. The van der Waals surface area contributed by atoms with Crippen LogP contribution in [0, 0.1) is 5.92 Å². The molecule has 0 radical (unpaired) electrons. The molecule has 1 fully saturated rings. The predicted octanol–water partition coefficient (Wildman–Crippen LogP) is 3.44. The van der Waals surface area contributed by atoms with Gasteiger partial charge in [-0.3, -0.25) is 18.7 Å². The van der Waals surface area contributed by atoms with Gasteiger partial charge in [-0.05, 0) is 42.7 Å². The Hall–Kier alpha value is -2.51. The number of rotatable bonds is 6. The number of benzene rings is 1. The molecule has 3 heterocycles. The average molecular weight is 394 g/mol. The first-order chi connectivity index (χ1) is 13.6. The quantitative estimate of drug-likeness (QED) is 0.504. The SMILES string of the molecule is C[C@@H](C1CC1)N(Cc1ccccc1)Cc1nnc2n(C)c(=O)c3sccc3n12. The lowest BCUT2D eigenvalue weighted by Crippen LogP contribution is -2.34. The van der Waals surface area contributed by atoms with E-state index in [4.69, 9.17) is 0 Å². The third-order valence-electron chi connectivity index (χ3n) is 5.85. The summed E-state index contributed by atoms with van der Waals surface area (Å²) < 4.78 is 4.40. The van der Waals surface area contributed by atoms with Crippen LogP contribution in [0.15, 0.2) is 46.6 Å². The maximum Gasteiger partial charge on any atom is 0.272 e. The Morgan fingerprint density at radius 2 is 1.96 bits per heavy atom. The van der Waals surface area contributed by atoms with Gasteiger partial charge in [0.25, 0.3) is 5.56 Å². The van der Waals surface area contributed by atoms with Crippen molar-refractivity contribution in [2.45, 2.75) is 38.9 Å². The highest BCUT2D eigenvalue weighted by Gasteiger charge is 2.33. The Balaban J connectivity index is 1.57. The molecule has 1 saturated carbocycles. The summed E-state index contributed by atoms with van der Waals surface area (Å²) in [4.78, 5) is 15.1. The van der Waals surface area contributed by atoms with Crippen LogP contribution in [0.25, 0.3) is 16.0 Å². The molecule has 1 aliphatic rings. The highest BCUT2D eigenvalue weighted by atomic mass is 32.1. The summed E-state index contributed by atoms with van der Waals surface area (Å²) in [5, 5.41) is 10.8. The highest BCUT2D eigenvalue weighted by molar-refractivity contribution is 7.17. The van der Waals surface area contributed by atoms with Crippen molar-refractivity contribution in [2.75, 3.05) is 0 Å². The van der Waals surface area contributed by atoms with Crippen molar-refractivity contribution in [2.24, 2.45) is 13.0 Å². The molecule has 28 heavy (non-hydrogen) atoms. The van der Waals surface area contributed by atoms with Gasteiger partial charge >= 0.3 is 0 Å². The first kappa shape index (κ1) is 17.6. The fourth-order valence-corrected chi connectivity index (χ4v) is 4.83. The van der Waals surface area contributed by atoms with E-state index in [1.807, 2.05) is 15.8 Å². The Morgan fingerprint density at radius 3 is 2.71 bits per heavy atom. The lowest BCUT2D eigenvalue weighted by atomic mass is 10.1. The largest absolute Gasteiger partial charge is 0.289 e. The monoisotopic (exact) mass is 393 g/mol. The molecule has 4 aromatic rings. The van der Waals surface area contributed by atoms with E-state index in [2.05, 4.69) is 52.4 Å². The fraction of sp³-hybridized carbons (Fsp3) is 0.381. The zero-order valence-electron chi connectivity index (χ0n) is 16.1. The summed E-state index contributed by atoms with van der Waals surface area (Å²) >= 11 is 1.47. The fourth-order valence-electron chi connectivity index (χ4n) is 3.98. The van der Waals surface area contributed by atoms with Crippen LogP contribution < -0.4 is 5.56 Å². The molecular formula is C21H23N5OS. The summed E-state index contributed by atoms with van der Waals surface area (Å²) in [5.74, 6) is 2.25. The molecule has 0 saturated heterocycles. The van der Waals surface area contributed by atoms with Gasteiger partial charge in [-0.1, -0.05) is 30.3 Å². The number of aryl methyl sites for hydroxylation is 1. The van der Waals surface area contributed by atoms with Crippen molar-refractivity contribution >= 4 is 27.3 Å². The van der Waals surface area contributed by atoms with Gasteiger partial charge in [-0.15, -0.1) is 21.5 Å². The van der Waals surface area contributed by atoms with Crippen molar-refractivity contribution in [1.82, 2.24) is 24.1 Å². The number of aromatic nitrogens is 4. The molecule has 1 aromatic carbocycles. The zero-order chi connectivity index (χ0) is 19.3. The first-order valence-electron chi connectivity index (χ1n) is 9.71. The molecule has 144 valence electrons. The van der Waals surface area contributed by atoms with Crippen molar-refractivity contribution in [3.8, 4) is 0 Å². The van der Waals surface area contributed by atoms with Crippen molar-refractivity contribution in [1.29, 1.82) is 0 Å². The molecule has 0 N–H and O–H groups in total. The van der Waals surface area contributed by atoms with Gasteiger partial charge in [-0.25, -0.2) is 0 Å². The Morgan fingerprint density at radius 1 is 1.18 bits per heavy atom. The van der Waals surface area contributed by atoms with E-state index in [1.54, 1.807) is 11.6 Å². The van der Waals surface area contributed by atoms with E-state index in [-0.39, 0.29) is 5.56 Å². The third-order valence-corrected chi connectivity index (χ3v) is 6.74. The first-order valence-corrected chi connectivity index (χ1v) is 10.6. The van der Waals surface area contributed by atoms with Crippen LogP contribution in [0.2, 0.25) is 0 Å². The van der Waals surface area contributed by atoms with E-state index < -0.39 is 0 Å². The summed E-state index contributed by atoms with van der Waals surface area (Å²) in [7, 11) is 1.77. The van der Waals surface area contributed by atoms with Gasteiger partial charge in [-0.2, -0.15) is 0 Å². The summed E-state index contributed by atoms with van der Waals surface area (Å²) in [5.41, 5.74) is 2.20. The van der Waals surface area contributed by atoms with Crippen LogP contribution in [0.5, 0.6) is 0 Å². The minimum Gasteiger partial charge on any atom is -0.289 e. The van der Waals surface area contributed by atoms with Crippen molar-refractivity contribution in [3.05, 3.63) is 63.5 Å². The smallest absolute Gasteiger partial charge is 0.272 e. The topological polar surface area (TPSA) is 55.4 Å². The van der Waals surface area contributed by atoms with E-state index in [0.717, 1.165) is 28.5 Å². The van der Waals surface area contributed by atoms with E-state index in [9.17, 15) is 4.79 Å². The number of nitrogens with zero attached hydrogens (tertiary/aromatic N) is 5. The Kier molecular flexibility index (Phi) is 4.29. The second kappa shape index (κ2) is 6.83.